The van der Waals surface area contributed by atoms with Crippen molar-refractivity contribution in [2.45, 2.75) is 25.7 Å². The van der Waals surface area contributed by atoms with E-state index in [1.165, 1.54) is 18.6 Å². The molecule has 2 N–H and O–H groups in total. The van der Waals surface area contributed by atoms with Gasteiger partial charge >= 0.3 is 0 Å². The van der Waals surface area contributed by atoms with E-state index in [0.29, 0.717) is 13.0 Å². The van der Waals surface area contributed by atoms with E-state index in [4.69, 9.17) is 5.73 Å². The van der Waals surface area contributed by atoms with Crippen molar-refractivity contribution in [1.29, 1.82) is 0 Å². The van der Waals surface area contributed by atoms with E-state index >= 15 is 0 Å². The number of nitrogens with two attached hydrogens (primary N) is 1. The van der Waals surface area contributed by atoms with Crippen molar-refractivity contribution in [2.24, 2.45) is 11.1 Å². The first kappa shape index (κ1) is 10.6. The Bertz CT molecular complexity index is 333. The van der Waals surface area contributed by atoms with E-state index in [1.807, 2.05) is 0 Å². The number of halogens is 2. The van der Waals surface area contributed by atoms with Gasteiger partial charge in [0.1, 0.15) is 11.6 Å². The average molecular weight is 211 g/mol. The molecule has 0 spiro atoms. The zero-order valence-corrected chi connectivity index (χ0v) is 8.60. The molecule has 0 bridgehead atoms. The molecule has 1 saturated carbocycles. The Kier molecular flexibility index (Phi) is 2.74. The number of rotatable bonds is 3. The molecular weight excluding hydrogens is 196 g/mol. The predicted octanol–water partition coefficient (Wildman–Crippen LogP) is 2.64. The summed E-state index contributed by atoms with van der Waals surface area (Å²) in [5.74, 6) is -1.01. The molecule has 0 aliphatic heterocycles. The second-order valence-corrected chi connectivity index (χ2v) is 4.51. The lowest BCUT2D eigenvalue weighted by Gasteiger charge is -2.41. The van der Waals surface area contributed by atoms with Gasteiger partial charge < -0.3 is 5.73 Å². The second kappa shape index (κ2) is 3.89. The lowest BCUT2D eigenvalue weighted by molar-refractivity contribution is 0.144. The van der Waals surface area contributed by atoms with Gasteiger partial charge in [-0.3, -0.25) is 0 Å². The minimum absolute atomic E-state index is 0.0975. The second-order valence-electron chi connectivity index (χ2n) is 4.51. The highest BCUT2D eigenvalue weighted by molar-refractivity contribution is 5.20. The average Bonchev–Trinajstić information content (AvgIpc) is 2.10. The predicted molar refractivity (Wildman–Crippen MR) is 55.4 cm³/mol. The van der Waals surface area contributed by atoms with Crippen molar-refractivity contribution in [3.05, 3.63) is 35.4 Å². The lowest BCUT2D eigenvalue weighted by Crippen LogP contribution is -2.39. The van der Waals surface area contributed by atoms with Crippen molar-refractivity contribution in [2.75, 3.05) is 6.54 Å². The Labute approximate surface area is 88.3 Å². The van der Waals surface area contributed by atoms with Crippen LogP contribution in [-0.4, -0.2) is 6.54 Å². The van der Waals surface area contributed by atoms with Gasteiger partial charge in [0.25, 0.3) is 0 Å². The fourth-order valence-electron chi connectivity index (χ4n) is 2.28. The summed E-state index contributed by atoms with van der Waals surface area (Å²) in [7, 11) is 0. The van der Waals surface area contributed by atoms with Crippen molar-refractivity contribution in [3.8, 4) is 0 Å². The largest absolute Gasteiger partial charge is 0.330 e. The third kappa shape index (κ3) is 2.17. The number of hydrogen-bond acceptors (Lipinski definition) is 1. The van der Waals surface area contributed by atoms with Gasteiger partial charge in [-0.25, -0.2) is 8.78 Å². The van der Waals surface area contributed by atoms with Crippen LogP contribution in [0.25, 0.3) is 0 Å². The van der Waals surface area contributed by atoms with Gasteiger partial charge in [0.2, 0.25) is 0 Å². The Morgan fingerprint density at radius 2 is 1.73 bits per heavy atom. The zero-order valence-electron chi connectivity index (χ0n) is 8.60. The summed E-state index contributed by atoms with van der Waals surface area (Å²) >= 11 is 0. The van der Waals surface area contributed by atoms with Crippen molar-refractivity contribution in [3.63, 3.8) is 0 Å². The zero-order chi connectivity index (χ0) is 10.9. The summed E-state index contributed by atoms with van der Waals surface area (Å²) in [6.45, 7) is 0.602. The maximum Gasteiger partial charge on any atom is 0.126 e. The normalized spacial score (nSPS) is 18.6. The first-order chi connectivity index (χ1) is 7.13. The van der Waals surface area contributed by atoms with Gasteiger partial charge in [-0.15, -0.1) is 0 Å². The summed E-state index contributed by atoms with van der Waals surface area (Å²) < 4.78 is 25.9. The van der Waals surface area contributed by atoms with E-state index in [-0.39, 0.29) is 5.41 Å². The first-order valence-corrected chi connectivity index (χ1v) is 5.29. The minimum Gasteiger partial charge on any atom is -0.330 e. The number of benzene rings is 1. The van der Waals surface area contributed by atoms with Crippen LogP contribution in [0.15, 0.2) is 18.2 Å². The van der Waals surface area contributed by atoms with E-state index in [2.05, 4.69) is 0 Å². The Morgan fingerprint density at radius 1 is 1.13 bits per heavy atom. The fraction of sp³-hybridized carbons (Fsp3) is 0.500. The summed E-state index contributed by atoms with van der Waals surface area (Å²) in [4.78, 5) is 0. The molecule has 1 aromatic rings. The maximum atomic E-state index is 13.0. The van der Waals surface area contributed by atoms with Crippen LogP contribution < -0.4 is 5.73 Å². The third-order valence-electron chi connectivity index (χ3n) is 3.35. The van der Waals surface area contributed by atoms with Crippen molar-refractivity contribution >= 4 is 0 Å². The van der Waals surface area contributed by atoms with E-state index in [0.717, 1.165) is 24.5 Å². The molecule has 3 heteroatoms. The molecule has 0 heterocycles. The summed E-state index contributed by atoms with van der Waals surface area (Å²) in [6, 6.07) is 3.71. The van der Waals surface area contributed by atoms with Crippen LogP contribution in [0, 0.1) is 17.0 Å². The third-order valence-corrected chi connectivity index (χ3v) is 3.35. The molecule has 1 fully saturated rings. The molecule has 2 rings (SSSR count). The minimum atomic E-state index is -0.503. The van der Waals surface area contributed by atoms with Crippen molar-refractivity contribution in [1.82, 2.24) is 0 Å². The maximum absolute atomic E-state index is 13.0. The van der Waals surface area contributed by atoms with Crippen LogP contribution in [0.3, 0.4) is 0 Å². The molecule has 0 amide bonds. The molecule has 0 radical (unpaired) electrons. The Hall–Kier alpha value is -0.960. The van der Waals surface area contributed by atoms with E-state index in [9.17, 15) is 8.78 Å². The van der Waals surface area contributed by atoms with E-state index < -0.39 is 11.6 Å². The summed E-state index contributed by atoms with van der Waals surface area (Å²) in [5, 5.41) is 0. The van der Waals surface area contributed by atoms with Crippen LogP contribution in [0.1, 0.15) is 24.8 Å². The van der Waals surface area contributed by atoms with Crippen LogP contribution in [0.5, 0.6) is 0 Å². The lowest BCUT2D eigenvalue weighted by atomic mass is 9.65. The molecule has 1 nitrogen and oxygen atoms in total. The van der Waals surface area contributed by atoms with Gasteiger partial charge in [-0.05, 0) is 48.9 Å². The molecule has 82 valence electrons. The molecular formula is C12H15F2N. The van der Waals surface area contributed by atoms with Gasteiger partial charge in [-0.2, -0.15) is 0 Å². The Balaban J connectivity index is 2.16. The molecule has 0 saturated heterocycles. The summed E-state index contributed by atoms with van der Waals surface area (Å²) in [5.41, 5.74) is 6.52. The highest BCUT2D eigenvalue weighted by Gasteiger charge is 2.35. The quantitative estimate of drug-likeness (QED) is 0.817. The standard InChI is InChI=1S/C12H15F2N/c13-10-4-9(5-11(14)6-10)7-12(8-15)2-1-3-12/h4-6H,1-3,7-8,15H2. The molecule has 1 aliphatic carbocycles. The highest BCUT2D eigenvalue weighted by Crippen LogP contribution is 2.42. The van der Waals surface area contributed by atoms with Crippen molar-refractivity contribution < 1.29 is 8.78 Å². The van der Waals surface area contributed by atoms with Crippen LogP contribution in [0.4, 0.5) is 8.78 Å². The molecule has 0 unspecified atom stereocenters. The topological polar surface area (TPSA) is 26.0 Å². The Morgan fingerprint density at radius 3 is 2.13 bits per heavy atom. The molecule has 1 aromatic carbocycles. The van der Waals surface area contributed by atoms with Gasteiger partial charge in [0.05, 0.1) is 0 Å². The summed E-state index contributed by atoms with van der Waals surface area (Å²) in [6.07, 6.45) is 4.01. The SMILES string of the molecule is NCC1(Cc2cc(F)cc(F)c2)CCC1. The smallest absolute Gasteiger partial charge is 0.126 e. The van der Waals surface area contributed by atoms with Gasteiger partial charge in [0, 0.05) is 6.07 Å². The monoisotopic (exact) mass is 211 g/mol. The molecule has 0 aromatic heterocycles. The van der Waals surface area contributed by atoms with Gasteiger partial charge in [-0.1, -0.05) is 6.42 Å². The fourth-order valence-corrected chi connectivity index (χ4v) is 2.28. The van der Waals surface area contributed by atoms with Crippen LogP contribution in [-0.2, 0) is 6.42 Å². The highest BCUT2D eigenvalue weighted by atomic mass is 19.1. The molecule has 15 heavy (non-hydrogen) atoms. The molecule has 1 aliphatic rings. The van der Waals surface area contributed by atoms with Crippen LogP contribution in [0.2, 0.25) is 0 Å². The number of hydrogen-bond donors (Lipinski definition) is 1. The molecule has 0 atom stereocenters. The van der Waals surface area contributed by atoms with Gasteiger partial charge in [0.15, 0.2) is 0 Å². The van der Waals surface area contributed by atoms with E-state index in [1.54, 1.807) is 0 Å². The first-order valence-electron chi connectivity index (χ1n) is 5.29. The van der Waals surface area contributed by atoms with Crippen LogP contribution >= 0.6 is 0 Å².